The number of carbonyl (C=O) groups is 1. The molecule has 25 heavy (non-hydrogen) atoms. The van der Waals surface area contributed by atoms with E-state index in [-0.39, 0.29) is 12.0 Å². The quantitative estimate of drug-likeness (QED) is 0.898. The number of nitrogens with zero attached hydrogens (tertiary/aromatic N) is 1. The Balaban J connectivity index is 1.95. The lowest BCUT2D eigenvalue weighted by Crippen LogP contribution is -2.41. The molecule has 0 radical (unpaired) electrons. The molecule has 1 N–H and O–H groups in total. The van der Waals surface area contributed by atoms with Gasteiger partial charge in [-0.15, -0.1) is 0 Å². The van der Waals surface area contributed by atoms with E-state index in [0.29, 0.717) is 6.54 Å². The standard InChI is InChI=1S/C21H25NO3/c1-15-5-7-16(8-6-15)20(17-9-11-19(25-2)12-10-17)22-13-3-4-18(14-22)21(23)24/h5-12,18,20H,3-4,13-14H2,1-2H3,(H,23,24). The summed E-state index contributed by atoms with van der Waals surface area (Å²) in [5, 5.41) is 9.44. The molecule has 4 heteroatoms. The first-order valence-corrected chi connectivity index (χ1v) is 8.76. The number of piperidine rings is 1. The van der Waals surface area contributed by atoms with Crippen molar-refractivity contribution in [1.29, 1.82) is 0 Å². The van der Waals surface area contributed by atoms with E-state index in [4.69, 9.17) is 4.74 Å². The van der Waals surface area contributed by atoms with Crippen LogP contribution in [-0.4, -0.2) is 36.2 Å². The second kappa shape index (κ2) is 7.70. The number of likely N-dealkylation sites (tertiary alicyclic amines) is 1. The summed E-state index contributed by atoms with van der Waals surface area (Å²) in [6.45, 7) is 3.57. The Labute approximate surface area is 149 Å². The topological polar surface area (TPSA) is 49.8 Å². The first-order valence-electron chi connectivity index (χ1n) is 8.76. The molecule has 132 valence electrons. The van der Waals surface area contributed by atoms with E-state index < -0.39 is 5.97 Å². The van der Waals surface area contributed by atoms with E-state index in [1.807, 2.05) is 12.1 Å². The molecule has 0 spiro atoms. The summed E-state index contributed by atoms with van der Waals surface area (Å²) in [6, 6.07) is 16.7. The van der Waals surface area contributed by atoms with E-state index in [1.54, 1.807) is 7.11 Å². The third-order valence-corrected chi connectivity index (χ3v) is 4.99. The van der Waals surface area contributed by atoms with Gasteiger partial charge in [-0.05, 0) is 49.6 Å². The van der Waals surface area contributed by atoms with Crippen LogP contribution in [0.15, 0.2) is 48.5 Å². The van der Waals surface area contributed by atoms with Gasteiger partial charge in [0, 0.05) is 6.54 Å². The maximum atomic E-state index is 11.5. The zero-order chi connectivity index (χ0) is 17.8. The van der Waals surface area contributed by atoms with Crippen molar-refractivity contribution in [2.24, 2.45) is 5.92 Å². The molecule has 1 fully saturated rings. The number of aryl methyl sites for hydroxylation is 1. The van der Waals surface area contributed by atoms with Gasteiger partial charge in [-0.1, -0.05) is 42.0 Å². The Morgan fingerprint density at radius 1 is 1.12 bits per heavy atom. The van der Waals surface area contributed by atoms with Crippen molar-refractivity contribution >= 4 is 5.97 Å². The summed E-state index contributed by atoms with van der Waals surface area (Å²) >= 11 is 0. The van der Waals surface area contributed by atoms with Crippen LogP contribution >= 0.6 is 0 Å². The Morgan fingerprint density at radius 3 is 2.28 bits per heavy atom. The Morgan fingerprint density at radius 2 is 1.72 bits per heavy atom. The third-order valence-electron chi connectivity index (χ3n) is 4.99. The van der Waals surface area contributed by atoms with Crippen molar-refractivity contribution in [3.05, 3.63) is 65.2 Å². The van der Waals surface area contributed by atoms with Crippen LogP contribution in [-0.2, 0) is 4.79 Å². The van der Waals surface area contributed by atoms with Crippen molar-refractivity contribution in [3.63, 3.8) is 0 Å². The van der Waals surface area contributed by atoms with Crippen molar-refractivity contribution < 1.29 is 14.6 Å². The number of rotatable bonds is 5. The van der Waals surface area contributed by atoms with Gasteiger partial charge in [0.1, 0.15) is 5.75 Å². The molecule has 1 heterocycles. The molecule has 0 amide bonds. The van der Waals surface area contributed by atoms with E-state index in [0.717, 1.165) is 30.7 Å². The fourth-order valence-electron chi connectivity index (χ4n) is 3.59. The molecule has 0 aliphatic carbocycles. The average Bonchev–Trinajstić information content (AvgIpc) is 2.64. The minimum absolute atomic E-state index is 0.0636. The Bertz CT molecular complexity index is 709. The van der Waals surface area contributed by atoms with Crippen LogP contribution in [0.25, 0.3) is 0 Å². The van der Waals surface area contributed by atoms with Crippen LogP contribution in [0.3, 0.4) is 0 Å². The monoisotopic (exact) mass is 339 g/mol. The largest absolute Gasteiger partial charge is 0.497 e. The highest BCUT2D eigenvalue weighted by molar-refractivity contribution is 5.70. The predicted molar refractivity (Wildman–Crippen MR) is 97.9 cm³/mol. The van der Waals surface area contributed by atoms with Crippen LogP contribution in [0.4, 0.5) is 0 Å². The molecular weight excluding hydrogens is 314 g/mol. The highest BCUT2D eigenvalue weighted by Crippen LogP contribution is 2.33. The molecule has 2 aromatic carbocycles. The maximum Gasteiger partial charge on any atom is 0.307 e. The third kappa shape index (κ3) is 4.02. The van der Waals surface area contributed by atoms with E-state index in [1.165, 1.54) is 11.1 Å². The van der Waals surface area contributed by atoms with Crippen molar-refractivity contribution in [3.8, 4) is 5.75 Å². The van der Waals surface area contributed by atoms with Crippen molar-refractivity contribution in [2.45, 2.75) is 25.8 Å². The molecule has 1 aliphatic rings. The van der Waals surface area contributed by atoms with Gasteiger partial charge in [0.15, 0.2) is 0 Å². The fourth-order valence-corrected chi connectivity index (χ4v) is 3.59. The molecule has 2 aromatic rings. The summed E-state index contributed by atoms with van der Waals surface area (Å²) in [6.07, 6.45) is 1.67. The number of hydrogen-bond donors (Lipinski definition) is 1. The smallest absolute Gasteiger partial charge is 0.307 e. The van der Waals surface area contributed by atoms with Gasteiger partial charge >= 0.3 is 5.97 Å². The van der Waals surface area contributed by atoms with Gasteiger partial charge in [-0.25, -0.2) is 0 Å². The molecule has 0 aromatic heterocycles. The Hall–Kier alpha value is -2.33. The molecule has 1 saturated heterocycles. The molecule has 0 bridgehead atoms. The number of methoxy groups -OCH3 is 1. The lowest BCUT2D eigenvalue weighted by Gasteiger charge is -2.37. The highest BCUT2D eigenvalue weighted by Gasteiger charge is 2.31. The molecule has 1 aliphatic heterocycles. The molecule has 2 atom stereocenters. The normalized spacial score (nSPS) is 19.4. The molecule has 3 rings (SSSR count). The number of hydrogen-bond acceptors (Lipinski definition) is 3. The molecule has 2 unspecified atom stereocenters. The summed E-state index contributed by atoms with van der Waals surface area (Å²) in [7, 11) is 1.66. The number of aliphatic carboxylic acids is 1. The highest BCUT2D eigenvalue weighted by atomic mass is 16.5. The number of carboxylic acid groups (broad SMARTS) is 1. The summed E-state index contributed by atoms with van der Waals surface area (Å²) in [4.78, 5) is 13.8. The Kier molecular flexibility index (Phi) is 5.39. The van der Waals surface area contributed by atoms with Crippen LogP contribution < -0.4 is 4.74 Å². The molecule has 4 nitrogen and oxygen atoms in total. The summed E-state index contributed by atoms with van der Waals surface area (Å²) < 4.78 is 5.27. The lowest BCUT2D eigenvalue weighted by molar-refractivity contribution is -0.143. The zero-order valence-corrected chi connectivity index (χ0v) is 14.8. The SMILES string of the molecule is COc1ccc(C(c2ccc(C)cc2)N2CCCC(C(=O)O)C2)cc1. The van der Waals surface area contributed by atoms with Gasteiger partial charge in [0.05, 0.1) is 19.1 Å². The number of benzene rings is 2. The number of carboxylic acids is 1. The van der Waals surface area contributed by atoms with E-state index in [2.05, 4.69) is 48.2 Å². The van der Waals surface area contributed by atoms with Crippen LogP contribution in [0, 0.1) is 12.8 Å². The van der Waals surface area contributed by atoms with Crippen LogP contribution in [0.1, 0.15) is 35.6 Å². The fraction of sp³-hybridized carbons (Fsp3) is 0.381. The summed E-state index contributed by atoms with van der Waals surface area (Å²) in [5.74, 6) is -0.157. The van der Waals surface area contributed by atoms with Crippen LogP contribution in [0.2, 0.25) is 0 Å². The van der Waals surface area contributed by atoms with Gasteiger partial charge < -0.3 is 9.84 Å². The lowest BCUT2D eigenvalue weighted by atomic mass is 9.91. The van der Waals surface area contributed by atoms with Gasteiger partial charge in [0.2, 0.25) is 0 Å². The minimum atomic E-state index is -0.693. The zero-order valence-electron chi connectivity index (χ0n) is 14.8. The molecular formula is C21H25NO3. The number of ether oxygens (including phenoxy) is 1. The van der Waals surface area contributed by atoms with Crippen molar-refractivity contribution in [1.82, 2.24) is 4.90 Å². The van der Waals surface area contributed by atoms with Crippen molar-refractivity contribution in [2.75, 3.05) is 20.2 Å². The maximum absolute atomic E-state index is 11.5. The van der Waals surface area contributed by atoms with Gasteiger partial charge in [-0.3, -0.25) is 9.69 Å². The van der Waals surface area contributed by atoms with Gasteiger partial charge in [0.25, 0.3) is 0 Å². The second-order valence-electron chi connectivity index (χ2n) is 6.76. The van der Waals surface area contributed by atoms with Crippen LogP contribution in [0.5, 0.6) is 5.75 Å². The predicted octanol–water partition coefficient (Wildman–Crippen LogP) is 3.89. The second-order valence-corrected chi connectivity index (χ2v) is 6.76. The van der Waals surface area contributed by atoms with E-state index >= 15 is 0 Å². The summed E-state index contributed by atoms with van der Waals surface area (Å²) in [5.41, 5.74) is 3.58. The van der Waals surface area contributed by atoms with E-state index in [9.17, 15) is 9.90 Å². The molecule has 0 saturated carbocycles. The van der Waals surface area contributed by atoms with Gasteiger partial charge in [-0.2, -0.15) is 0 Å². The minimum Gasteiger partial charge on any atom is -0.497 e. The average molecular weight is 339 g/mol. The first kappa shape index (κ1) is 17.5. The first-order chi connectivity index (χ1) is 12.1.